The van der Waals surface area contributed by atoms with Crippen LogP contribution in [0.2, 0.25) is 0 Å². The van der Waals surface area contributed by atoms with Crippen molar-refractivity contribution in [2.24, 2.45) is 22.2 Å². The summed E-state index contributed by atoms with van der Waals surface area (Å²) in [6.07, 6.45) is 0.737. The molecule has 10 nitrogen and oxygen atoms in total. The van der Waals surface area contributed by atoms with Crippen LogP contribution in [0.3, 0.4) is 0 Å². The van der Waals surface area contributed by atoms with E-state index in [4.69, 9.17) is 17.2 Å². The van der Waals surface area contributed by atoms with E-state index in [0.717, 1.165) is 5.56 Å². The molecule has 2 atom stereocenters. The maximum absolute atomic E-state index is 13.0. The van der Waals surface area contributed by atoms with Crippen LogP contribution < -0.4 is 27.8 Å². The Labute approximate surface area is 192 Å². The number of phenols is 1. The smallest absolute Gasteiger partial charge is 0.243 e. The molecule has 0 saturated heterocycles. The molecule has 2 aromatic carbocycles. The van der Waals surface area contributed by atoms with Crippen molar-refractivity contribution < 1.29 is 19.5 Å². The van der Waals surface area contributed by atoms with E-state index in [1.54, 1.807) is 18.2 Å². The summed E-state index contributed by atoms with van der Waals surface area (Å²) in [5.74, 6) is -1.79. The second kappa shape index (κ2) is 12.7. The minimum Gasteiger partial charge on any atom is -0.508 e. The molecule has 0 fully saturated rings. The van der Waals surface area contributed by atoms with Crippen molar-refractivity contribution in [1.82, 2.24) is 10.6 Å². The largest absolute Gasteiger partial charge is 0.508 e. The molecule has 0 aromatic heterocycles. The highest BCUT2D eigenvalue weighted by atomic mass is 16.3. The maximum atomic E-state index is 13.0. The Morgan fingerprint density at radius 2 is 1.58 bits per heavy atom. The molecule has 9 N–H and O–H groups in total. The SMILES string of the molecule is NC(=O)[C@H](Cc1ccccc1)NC(=O)[C@H](CCCN=C(N)N)NC(=O)Cc1ccccc1O. The molecule has 2 rings (SSSR count). The van der Waals surface area contributed by atoms with E-state index < -0.39 is 29.8 Å². The molecule has 0 aliphatic heterocycles. The first kappa shape index (κ1) is 25.2. The number of para-hydroxylation sites is 1. The van der Waals surface area contributed by atoms with E-state index in [1.807, 2.05) is 30.3 Å². The van der Waals surface area contributed by atoms with Gasteiger partial charge >= 0.3 is 0 Å². The number of benzene rings is 2. The molecule has 33 heavy (non-hydrogen) atoms. The Kier molecular flexibility index (Phi) is 9.69. The molecular weight excluding hydrogens is 424 g/mol. The molecule has 0 aliphatic rings. The lowest BCUT2D eigenvalue weighted by molar-refractivity contribution is -0.131. The number of nitrogens with two attached hydrogens (primary N) is 3. The molecule has 176 valence electrons. The second-order valence-electron chi connectivity index (χ2n) is 7.53. The molecule has 0 aliphatic carbocycles. The zero-order valence-electron chi connectivity index (χ0n) is 18.2. The predicted octanol–water partition coefficient (Wildman–Crippen LogP) is -0.314. The number of rotatable bonds is 12. The quantitative estimate of drug-likeness (QED) is 0.145. The first-order valence-electron chi connectivity index (χ1n) is 10.5. The average Bonchev–Trinajstić information content (AvgIpc) is 2.77. The first-order chi connectivity index (χ1) is 15.8. The predicted molar refractivity (Wildman–Crippen MR) is 125 cm³/mol. The van der Waals surface area contributed by atoms with Crippen molar-refractivity contribution in [3.05, 3.63) is 65.7 Å². The molecule has 0 saturated carbocycles. The fraction of sp³-hybridized carbons (Fsp3) is 0.304. The van der Waals surface area contributed by atoms with E-state index >= 15 is 0 Å². The van der Waals surface area contributed by atoms with Crippen molar-refractivity contribution in [2.45, 2.75) is 37.8 Å². The summed E-state index contributed by atoms with van der Waals surface area (Å²) < 4.78 is 0. The van der Waals surface area contributed by atoms with Crippen LogP contribution in [0.25, 0.3) is 0 Å². The summed E-state index contributed by atoms with van der Waals surface area (Å²) in [7, 11) is 0. The van der Waals surface area contributed by atoms with Crippen LogP contribution in [-0.2, 0) is 27.2 Å². The van der Waals surface area contributed by atoms with Crippen LogP contribution in [0.1, 0.15) is 24.0 Å². The Bertz CT molecular complexity index is 976. The van der Waals surface area contributed by atoms with Gasteiger partial charge in [0.25, 0.3) is 0 Å². The fourth-order valence-corrected chi connectivity index (χ4v) is 3.20. The molecule has 10 heteroatoms. The van der Waals surface area contributed by atoms with E-state index in [-0.39, 0.29) is 37.5 Å². The summed E-state index contributed by atoms with van der Waals surface area (Å²) in [4.78, 5) is 41.4. The van der Waals surface area contributed by atoms with Gasteiger partial charge in [-0.25, -0.2) is 0 Å². The highest BCUT2D eigenvalue weighted by molar-refractivity contribution is 5.92. The first-order valence-corrected chi connectivity index (χ1v) is 10.5. The van der Waals surface area contributed by atoms with Gasteiger partial charge in [-0.2, -0.15) is 0 Å². The fourth-order valence-electron chi connectivity index (χ4n) is 3.20. The molecule has 0 heterocycles. The Morgan fingerprint density at radius 3 is 2.21 bits per heavy atom. The summed E-state index contributed by atoms with van der Waals surface area (Å²) in [5, 5.41) is 15.2. The van der Waals surface area contributed by atoms with Crippen LogP contribution in [0.5, 0.6) is 5.75 Å². The van der Waals surface area contributed by atoms with Gasteiger partial charge in [-0.15, -0.1) is 0 Å². The highest BCUT2D eigenvalue weighted by Gasteiger charge is 2.26. The lowest BCUT2D eigenvalue weighted by atomic mass is 10.0. The van der Waals surface area contributed by atoms with Crippen molar-refractivity contribution >= 4 is 23.7 Å². The molecule has 2 aromatic rings. The molecular formula is C23H30N6O4. The van der Waals surface area contributed by atoms with Crippen molar-refractivity contribution in [3.63, 3.8) is 0 Å². The van der Waals surface area contributed by atoms with E-state index in [2.05, 4.69) is 15.6 Å². The van der Waals surface area contributed by atoms with Gasteiger partial charge in [-0.1, -0.05) is 48.5 Å². The van der Waals surface area contributed by atoms with Gasteiger partial charge in [0.05, 0.1) is 6.42 Å². The van der Waals surface area contributed by atoms with Gasteiger partial charge < -0.3 is 32.9 Å². The van der Waals surface area contributed by atoms with Crippen LogP contribution >= 0.6 is 0 Å². The number of phenolic OH excluding ortho intramolecular Hbond substituents is 1. The van der Waals surface area contributed by atoms with Crippen molar-refractivity contribution in [1.29, 1.82) is 0 Å². The van der Waals surface area contributed by atoms with E-state index in [0.29, 0.717) is 12.0 Å². The van der Waals surface area contributed by atoms with Crippen LogP contribution in [-0.4, -0.2) is 47.4 Å². The third-order valence-corrected chi connectivity index (χ3v) is 4.88. The van der Waals surface area contributed by atoms with Crippen LogP contribution in [0.15, 0.2) is 59.6 Å². The van der Waals surface area contributed by atoms with Crippen molar-refractivity contribution in [2.75, 3.05) is 6.54 Å². The Hall–Kier alpha value is -4.08. The minimum absolute atomic E-state index is 0.0157. The Morgan fingerprint density at radius 1 is 0.909 bits per heavy atom. The number of primary amides is 1. The highest BCUT2D eigenvalue weighted by Crippen LogP contribution is 2.16. The van der Waals surface area contributed by atoms with Crippen molar-refractivity contribution in [3.8, 4) is 5.75 Å². The van der Waals surface area contributed by atoms with Gasteiger partial charge in [0.15, 0.2) is 5.96 Å². The topological polar surface area (TPSA) is 186 Å². The number of amides is 3. The lowest BCUT2D eigenvalue weighted by Crippen LogP contribution is -2.53. The molecule has 0 radical (unpaired) electrons. The number of guanidine groups is 1. The van der Waals surface area contributed by atoms with Gasteiger partial charge in [-0.3, -0.25) is 19.4 Å². The molecule has 3 amide bonds. The second-order valence-corrected chi connectivity index (χ2v) is 7.53. The standard InChI is InChI=1S/C23H30N6O4/c24-21(32)18(13-15-7-2-1-3-8-15)29-22(33)17(10-6-12-27-23(25)26)28-20(31)14-16-9-4-5-11-19(16)30/h1-5,7-9,11,17-18,30H,6,10,12-14H2,(H2,24,32)(H,28,31)(H,29,33)(H4,25,26,27)/t17-,18-/m0/s1. The van der Waals surface area contributed by atoms with Crippen LogP contribution in [0, 0.1) is 0 Å². The lowest BCUT2D eigenvalue weighted by Gasteiger charge is -2.22. The third kappa shape index (κ3) is 8.90. The maximum Gasteiger partial charge on any atom is 0.243 e. The average molecular weight is 455 g/mol. The molecule has 0 bridgehead atoms. The van der Waals surface area contributed by atoms with Crippen LogP contribution in [0.4, 0.5) is 0 Å². The summed E-state index contributed by atoms with van der Waals surface area (Å²) >= 11 is 0. The molecule has 0 unspecified atom stereocenters. The van der Waals surface area contributed by atoms with Gasteiger partial charge in [0, 0.05) is 18.5 Å². The molecule has 0 spiro atoms. The number of carbonyl (C=O) groups excluding carboxylic acids is 3. The minimum atomic E-state index is -0.949. The normalized spacial score (nSPS) is 12.2. The summed E-state index contributed by atoms with van der Waals surface area (Å²) in [6, 6.07) is 13.7. The third-order valence-electron chi connectivity index (χ3n) is 4.88. The number of aromatic hydroxyl groups is 1. The Balaban J connectivity index is 2.08. The summed E-state index contributed by atoms with van der Waals surface area (Å²) in [5.41, 5.74) is 17.4. The number of nitrogens with zero attached hydrogens (tertiary/aromatic N) is 1. The number of hydrogen-bond donors (Lipinski definition) is 6. The number of hydrogen-bond acceptors (Lipinski definition) is 5. The van der Waals surface area contributed by atoms with E-state index in [1.165, 1.54) is 6.07 Å². The van der Waals surface area contributed by atoms with Gasteiger partial charge in [0.2, 0.25) is 17.7 Å². The van der Waals surface area contributed by atoms with Gasteiger partial charge in [-0.05, 0) is 24.5 Å². The number of aliphatic imine (C=N–C) groups is 1. The summed E-state index contributed by atoms with van der Waals surface area (Å²) in [6.45, 7) is 0.269. The monoisotopic (exact) mass is 454 g/mol. The number of nitrogens with one attached hydrogen (secondary N) is 2. The van der Waals surface area contributed by atoms with E-state index in [9.17, 15) is 19.5 Å². The zero-order valence-corrected chi connectivity index (χ0v) is 18.2. The van der Waals surface area contributed by atoms with Gasteiger partial charge in [0.1, 0.15) is 17.8 Å². The zero-order chi connectivity index (χ0) is 24.2. The number of carbonyl (C=O) groups is 3.